The first-order valence-corrected chi connectivity index (χ1v) is 8.84. The molecular weight excluding hydrogens is 342 g/mol. The van der Waals surface area contributed by atoms with Crippen LogP contribution in [0.4, 0.5) is 0 Å². The van der Waals surface area contributed by atoms with Gasteiger partial charge >= 0.3 is 5.97 Å². The van der Waals surface area contributed by atoms with Gasteiger partial charge in [0.2, 0.25) is 5.90 Å². The maximum Gasteiger partial charge on any atom is 0.363 e. The van der Waals surface area contributed by atoms with Crippen LogP contribution in [0.1, 0.15) is 11.1 Å². The van der Waals surface area contributed by atoms with Crippen molar-refractivity contribution in [1.29, 1.82) is 0 Å². The fraction of sp³-hybridized carbons (Fsp3) is 0.0526. The van der Waals surface area contributed by atoms with Crippen LogP contribution in [0.2, 0.25) is 5.02 Å². The Hall–Kier alpha value is -2.30. The third-order valence-corrected chi connectivity index (χ3v) is 4.34. The number of ether oxygens (including phenoxy) is 1. The first-order chi connectivity index (χ1) is 11.6. The summed E-state index contributed by atoms with van der Waals surface area (Å²) in [7, 11) is 0. The van der Waals surface area contributed by atoms with Crippen LogP contribution in [0.3, 0.4) is 0 Å². The minimum atomic E-state index is -0.445. The Morgan fingerprint density at radius 3 is 2.33 bits per heavy atom. The molecular formula is C19H14ClNO2S. The van der Waals surface area contributed by atoms with Crippen LogP contribution < -0.4 is 0 Å². The number of carbonyl (C=O) groups excluding carboxylic acids is 1. The molecule has 0 bridgehead atoms. The van der Waals surface area contributed by atoms with Crippen LogP contribution in [0.25, 0.3) is 12.2 Å². The number of carbonyl (C=O) groups is 1. The second kappa shape index (κ2) is 7.51. The predicted octanol–water partition coefficient (Wildman–Crippen LogP) is 5.07. The number of nitrogens with zero attached hydrogens (tertiary/aromatic N) is 1. The van der Waals surface area contributed by atoms with E-state index >= 15 is 0 Å². The molecule has 3 nitrogen and oxygen atoms in total. The third-order valence-electron chi connectivity index (χ3n) is 3.34. The first kappa shape index (κ1) is 16.6. The molecule has 0 aliphatic carbocycles. The molecule has 3 rings (SSSR count). The number of benzene rings is 2. The van der Waals surface area contributed by atoms with E-state index in [0.29, 0.717) is 10.7 Å². The van der Waals surface area contributed by atoms with Crippen LogP contribution >= 0.6 is 23.4 Å². The van der Waals surface area contributed by atoms with Crippen molar-refractivity contribution >= 4 is 47.4 Å². The standard InChI is InChI=1S/C19H14ClNO2S/c1-24-16-9-4-14(5-10-16)12-17-19(22)23-18(21-17)11-6-13-2-7-15(20)8-3-13/h2-12H,1H3. The molecule has 0 aromatic heterocycles. The van der Waals surface area contributed by atoms with Crippen molar-refractivity contribution in [3.8, 4) is 0 Å². The predicted molar refractivity (Wildman–Crippen MR) is 100 cm³/mol. The van der Waals surface area contributed by atoms with Crippen molar-refractivity contribution in [3.05, 3.63) is 76.5 Å². The summed E-state index contributed by atoms with van der Waals surface area (Å²) in [5.41, 5.74) is 2.15. The zero-order valence-electron chi connectivity index (χ0n) is 12.9. The number of rotatable bonds is 4. The molecule has 24 heavy (non-hydrogen) atoms. The summed E-state index contributed by atoms with van der Waals surface area (Å²) < 4.78 is 5.16. The molecule has 0 amide bonds. The number of hydrogen-bond donors (Lipinski definition) is 0. The largest absolute Gasteiger partial charge is 0.403 e. The zero-order valence-corrected chi connectivity index (χ0v) is 14.5. The molecule has 0 radical (unpaired) electrons. The van der Waals surface area contributed by atoms with Gasteiger partial charge in [0.1, 0.15) is 0 Å². The van der Waals surface area contributed by atoms with Gasteiger partial charge in [-0.2, -0.15) is 0 Å². The Bertz CT molecular complexity index is 837. The number of cyclic esters (lactones) is 1. The Balaban J connectivity index is 1.76. The lowest BCUT2D eigenvalue weighted by Gasteiger charge is -1.97. The summed E-state index contributed by atoms with van der Waals surface area (Å²) in [6, 6.07) is 15.2. The highest BCUT2D eigenvalue weighted by Gasteiger charge is 2.20. The van der Waals surface area contributed by atoms with E-state index in [2.05, 4.69) is 4.99 Å². The van der Waals surface area contributed by atoms with E-state index in [4.69, 9.17) is 16.3 Å². The van der Waals surface area contributed by atoms with E-state index in [1.165, 1.54) is 4.90 Å². The van der Waals surface area contributed by atoms with Crippen molar-refractivity contribution in [2.45, 2.75) is 4.90 Å². The average Bonchev–Trinajstić information content (AvgIpc) is 2.95. The third kappa shape index (κ3) is 4.16. The summed E-state index contributed by atoms with van der Waals surface area (Å²) in [6.07, 6.45) is 7.22. The van der Waals surface area contributed by atoms with E-state index in [1.807, 2.05) is 48.7 Å². The Morgan fingerprint density at radius 2 is 1.67 bits per heavy atom. The van der Waals surface area contributed by atoms with Crippen molar-refractivity contribution < 1.29 is 9.53 Å². The molecule has 0 atom stereocenters. The summed E-state index contributed by atoms with van der Waals surface area (Å²) in [5, 5.41) is 0.675. The molecule has 2 aromatic carbocycles. The van der Waals surface area contributed by atoms with Gasteiger partial charge in [0.15, 0.2) is 5.70 Å². The lowest BCUT2D eigenvalue weighted by Crippen LogP contribution is -2.01. The van der Waals surface area contributed by atoms with Gasteiger partial charge in [0.05, 0.1) is 0 Å². The first-order valence-electron chi connectivity index (χ1n) is 7.24. The van der Waals surface area contributed by atoms with Crippen LogP contribution in [0.15, 0.2) is 70.2 Å². The molecule has 0 spiro atoms. The highest BCUT2D eigenvalue weighted by Crippen LogP contribution is 2.20. The van der Waals surface area contributed by atoms with Crippen molar-refractivity contribution in [3.63, 3.8) is 0 Å². The molecule has 0 unspecified atom stereocenters. The summed E-state index contributed by atoms with van der Waals surface area (Å²) in [5.74, 6) is -0.165. The lowest BCUT2D eigenvalue weighted by atomic mass is 10.2. The summed E-state index contributed by atoms with van der Waals surface area (Å²) >= 11 is 7.52. The Kier molecular flexibility index (Phi) is 5.18. The van der Waals surface area contributed by atoms with Crippen molar-refractivity contribution in [1.82, 2.24) is 0 Å². The highest BCUT2D eigenvalue weighted by atomic mass is 35.5. The molecule has 120 valence electrons. The fourth-order valence-electron chi connectivity index (χ4n) is 2.10. The van der Waals surface area contributed by atoms with Gasteiger partial charge in [-0.25, -0.2) is 9.79 Å². The van der Waals surface area contributed by atoms with Crippen LogP contribution in [-0.4, -0.2) is 18.1 Å². The smallest absolute Gasteiger partial charge is 0.363 e. The summed E-state index contributed by atoms with van der Waals surface area (Å²) in [4.78, 5) is 17.3. The number of hydrogen-bond acceptors (Lipinski definition) is 4. The molecule has 1 aliphatic heterocycles. The minimum Gasteiger partial charge on any atom is -0.403 e. The molecule has 0 saturated heterocycles. The maximum atomic E-state index is 11.9. The van der Waals surface area contributed by atoms with Crippen molar-refractivity contribution in [2.24, 2.45) is 4.99 Å². The van der Waals surface area contributed by atoms with Gasteiger partial charge in [0.25, 0.3) is 0 Å². The van der Waals surface area contributed by atoms with Gasteiger partial charge in [-0.15, -0.1) is 11.8 Å². The monoisotopic (exact) mass is 355 g/mol. The molecule has 5 heteroatoms. The molecule has 1 aliphatic rings. The fourth-order valence-corrected chi connectivity index (χ4v) is 2.63. The molecule has 2 aromatic rings. The average molecular weight is 356 g/mol. The normalized spacial score (nSPS) is 15.8. The van der Waals surface area contributed by atoms with Gasteiger partial charge in [-0.3, -0.25) is 0 Å². The quantitative estimate of drug-likeness (QED) is 0.436. The minimum absolute atomic E-state index is 0.280. The van der Waals surface area contributed by atoms with Gasteiger partial charge in [0, 0.05) is 16.0 Å². The second-order valence-corrected chi connectivity index (χ2v) is 6.34. The van der Waals surface area contributed by atoms with Crippen molar-refractivity contribution in [2.75, 3.05) is 6.26 Å². The van der Waals surface area contributed by atoms with E-state index in [9.17, 15) is 4.79 Å². The van der Waals surface area contributed by atoms with Gasteiger partial charge < -0.3 is 4.74 Å². The Morgan fingerprint density at radius 1 is 1.00 bits per heavy atom. The SMILES string of the molecule is CSc1ccc(C=C2N=C(C=Cc3ccc(Cl)cc3)OC2=O)cc1. The van der Waals surface area contributed by atoms with Crippen LogP contribution in [0, 0.1) is 0 Å². The molecule has 0 N–H and O–H groups in total. The Labute approximate surface area is 149 Å². The number of halogens is 1. The van der Waals surface area contributed by atoms with E-state index in [0.717, 1.165) is 11.1 Å². The zero-order chi connectivity index (χ0) is 16.9. The maximum absolute atomic E-state index is 11.9. The van der Waals surface area contributed by atoms with Crippen LogP contribution in [0.5, 0.6) is 0 Å². The number of esters is 1. The van der Waals surface area contributed by atoms with E-state index in [1.54, 1.807) is 36.0 Å². The summed E-state index contributed by atoms with van der Waals surface area (Å²) in [6.45, 7) is 0. The van der Waals surface area contributed by atoms with E-state index in [-0.39, 0.29) is 5.90 Å². The van der Waals surface area contributed by atoms with Crippen LogP contribution in [-0.2, 0) is 9.53 Å². The van der Waals surface area contributed by atoms with Gasteiger partial charge in [-0.1, -0.05) is 35.9 Å². The topological polar surface area (TPSA) is 38.7 Å². The van der Waals surface area contributed by atoms with Gasteiger partial charge in [-0.05, 0) is 53.8 Å². The lowest BCUT2D eigenvalue weighted by molar-refractivity contribution is -0.129. The number of aliphatic imine (C=N–C) groups is 1. The highest BCUT2D eigenvalue weighted by molar-refractivity contribution is 7.98. The molecule has 0 saturated carbocycles. The molecule has 1 heterocycles. The number of thioether (sulfide) groups is 1. The molecule has 0 fully saturated rings. The second-order valence-electron chi connectivity index (χ2n) is 5.03. The van der Waals surface area contributed by atoms with E-state index < -0.39 is 5.97 Å².